The minimum Gasteiger partial charge on any atom is -0.509 e. The standard InChI is InChI=1S/C22H28N5O6PS2/c1-6-33-34(30)16-9-13(26-36(5,31)32)7-8-15(16)24-20(25-34)17-18(28)19(22(2,3)4)27(21(17)29)11-14-10-23-12-35-14/h7-10,12,19,26,28H,6,11H2,1-5H3,(H,24,25,30). The summed E-state index contributed by atoms with van der Waals surface area (Å²) in [6.07, 6.45) is 2.68. The molecule has 0 saturated heterocycles. The molecule has 14 heteroatoms. The van der Waals surface area contributed by atoms with Crippen LogP contribution in [-0.2, 0) is 30.5 Å². The number of nitrogens with zero attached hydrogens (tertiary/aromatic N) is 3. The molecular weight excluding hydrogens is 525 g/mol. The maximum atomic E-state index is 13.9. The fourth-order valence-electron chi connectivity index (χ4n) is 4.28. The number of carbonyl (C=O) groups is 1. The first-order chi connectivity index (χ1) is 16.7. The maximum Gasteiger partial charge on any atom is 0.348 e. The Morgan fingerprint density at radius 2 is 2.06 bits per heavy atom. The number of benzene rings is 1. The number of hydrogen-bond donors (Lipinski definition) is 3. The summed E-state index contributed by atoms with van der Waals surface area (Å²) in [5.74, 6) is -0.703. The summed E-state index contributed by atoms with van der Waals surface area (Å²) in [6.45, 7) is 7.69. The van der Waals surface area contributed by atoms with Crippen LogP contribution in [0.4, 0.5) is 11.4 Å². The van der Waals surface area contributed by atoms with Gasteiger partial charge < -0.3 is 19.8 Å². The number of nitrogens with one attached hydrogen (secondary N) is 2. The van der Waals surface area contributed by atoms with Crippen LogP contribution in [0.5, 0.6) is 0 Å². The summed E-state index contributed by atoms with van der Waals surface area (Å²) >= 11 is 1.40. The van der Waals surface area contributed by atoms with Crippen LogP contribution < -0.4 is 15.3 Å². The smallest absolute Gasteiger partial charge is 0.348 e. The average molecular weight is 554 g/mol. The normalized spacial score (nSPS) is 22.4. The number of rotatable bonds is 7. The maximum absolute atomic E-state index is 13.9. The Balaban J connectivity index is 1.80. The molecule has 3 heterocycles. The predicted molar refractivity (Wildman–Crippen MR) is 140 cm³/mol. The monoisotopic (exact) mass is 553 g/mol. The summed E-state index contributed by atoms with van der Waals surface area (Å²) in [6, 6.07) is 3.75. The number of aliphatic hydroxyl groups excluding tert-OH is 1. The van der Waals surface area contributed by atoms with Gasteiger partial charge in [0.1, 0.15) is 11.3 Å². The second-order valence-electron chi connectivity index (χ2n) is 9.55. The molecule has 1 amide bonds. The van der Waals surface area contributed by atoms with Gasteiger partial charge in [0.2, 0.25) is 10.0 Å². The molecule has 3 N–H and O–H groups in total. The van der Waals surface area contributed by atoms with Gasteiger partial charge in [-0.1, -0.05) is 20.8 Å². The molecule has 1 aromatic carbocycles. The van der Waals surface area contributed by atoms with Gasteiger partial charge in [-0.05, 0) is 30.5 Å². The largest absolute Gasteiger partial charge is 0.509 e. The number of fused-ring (bicyclic) bond motifs is 1. The molecule has 0 radical (unpaired) electrons. The molecule has 2 aliphatic heterocycles. The summed E-state index contributed by atoms with van der Waals surface area (Å²) in [4.78, 5) is 20.1. The molecule has 2 atom stereocenters. The topological polar surface area (TPSA) is 150 Å². The third-order valence-electron chi connectivity index (χ3n) is 5.56. The van der Waals surface area contributed by atoms with E-state index in [1.54, 1.807) is 23.5 Å². The molecule has 0 bridgehead atoms. The highest BCUT2D eigenvalue weighted by Gasteiger charge is 2.48. The van der Waals surface area contributed by atoms with Crippen LogP contribution in [0, 0.1) is 5.41 Å². The second kappa shape index (κ2) is 9.29. The molecule has 194 valence electrons. The van der Waals surface area contributed by atoms with Gasteiger partial charge in [-0.15, -0.1) is 11.3 Å². The van der Waals surface area contributed by atoms with Gasteiger partial charge in [0, 0.05) is 16.8 Å². The van der Waals surface area contributed by atoms with E-state index in [0.717, 1.165) is 11.1 Å². The van der Waals surface area contributed by atoms with Crippen molar-refractivity contribution in [3.8, 4) is 0 Å². The Labute approximate surface area is 213 Å². The number of amidine groups is 1. The van der Waals surface area contributed by atoms with Gasteiger partial charge in [0.05, 0.1) is 42.0 Å². The minimum atomic E-state index is -3.93. The van der Waals surface area contributed by atoms with Gasteiger partial charge in [-0.2, -0.15) is 4.76 Å². The number of thiazole rings is 1. The van der Waals surface area contributed by atoms with E-state index in [1.165, 1.54) is 29.5 Å². The van der Waals surface area contributed by atoms with Crippen molar-refractivity contribution in [2.24, 2.45) is 10.2 Å². The third-order valence-corrected chi connectivity index (χ3v) is 8.98. The molecule has 4 rings (SSSR count). The Morgan fingerprint density at radius 3 is 2.64 bits per heavy atom. The van der Waals surface area contributed by atoms with Gasteiger partial charge in [-0.3, -0.25) is 19.1 Å². The quantitative estimate of drug-likeness (QED) is 0.441. The van der Waals surface area contributed by atoms with Crippen molar-refractivity contribution in [2.45, 2.75) is 40.3 Å². The summed E-state index contributed by atoms with van der Waals surface area (Å²) in [7, 11) is -7.50. The molecule has 2 aliphatic rings. The molecule has 2 unspecified atom stereocenters. The van der Waals surface area contributed by atoms with Gasteiger partial charge >= 0.3 is 7.52 Å². The number of carbonyl (C=O) groups excluding carboxylic acids is 1. The number of amides is 1. The fraction of sp³-hybridized carbons (Fsp3) is 0.409. The van der Waals surface area contributed by atoms with E-state index in [-0.39, 0.29) is 41.3 Å². The Morgan fingerprint density at radius 1 is 1.33 bits per heavy atom. The number of hydrogen-bond acceptors (Lipinski definition) is 9. The summed E-state index contributed by atoms with van der Waals surface area (Å²) in [5.41, 5.74) is 1.60. The van der Waals surface area contributed by atoms with Crippen LogP contribution in [0.15, 0.2) is 46.0 Å². The van der Waals surface area contributed by atoms with E-state index < -0.39 is 34.9 Å². The number of aliphatic hydroxyl groups is 1. The van der Waals surface area contributed by atoms with Crippen molar-refractivity contribution in [3.05, 3.63) is 46.1 Å². The molecule has 2 aromatic rings. The van der Waals surface area contributed by atoms with Gasteiger partial charge in [-0.25, -0.2) is 8.42 Å². The lowest BCUT2D eigenvalue weighted by molar-refractivity contribution is -0.129. The SMILES string of the molecule is CCOP1(=O)N=C(C2=C(O)C(C(C)(C)C)N(Cc3cncs3)C2=O)Nc2ccc(NS(C)(=O)=O)cc21. The second-order valence-corrected chi connectivity index (χ2v) is 14.2. The van der Waals surface area contributed by atoms with Gasteiger partial charge in [0.25, 0.3) is 5.91 Å². The molecule has 0 saturated carbocycles. The van der Waals surface area contributed by atoms with Crippen LogP contribution in [-0.4, -0.2) is 54.1 Å². The Kier molecular flexibility index (Phi) is 6.80. The van der Waals surface area contributed by atoms with Crippen LogP contribution in [0.3, 0.4) is 0 Å². The lowest BCUT2D eigenvalue weighted by atomic mass is 9.85. The van der Waals surface area contributed by atoms with Crippen molar-refractivity contribution in [3.63, 3.8) is 0 Å². The van der Waals surface area contributed by atoms with Crippen LogP contribution >= 0.6 is 18.9 Å². The highest BCUT2D eigenvalue weighted by molar-refractivity contribution is 7.92. The molecule has 36 heavy (non-hydrogen) atoms. The van der Waals surface area contributed by atoms with E-state index in [0.29, 0.717) is 5.69 Å². The fourth-order valence-corrected chi connectivity index (χ4v) is 7.23. The van der Waals surface area contributed by atoms with Crippen molar-refractivity contribution >= 4 is 57.3 Å². The third kappa shape index (κ3) is 5.06. The van der Waals surface area contributed by atoms with Crippen molar-refractivity contribution < 1.29 is 27.4 Å². The molecule has 11 nitrogen and oxygen atoms in total. The van der Waals surface area contributed by atoms with Crippen molar-refractivity contribution in [1.82, 2.24) is 9.88 Å². The lowest BCUT2D eigenvalue weighted by Crippen LogP contribution is -2.43. The zero-order valence-electron chi connectivity index (χ0n) is 20.5. The first kappa shape index (κ1) is 26.3. The van der Waals surface area contributed by atoms with E-state index in [9.17, 15) is 22.9 Å². The Bertz CT molecular complexity index is 1410. The highest BCUT2D eigenvalue weighted by atomic mass is 32.2. The summed E-state index contributed by atoms with van der Waals surface area (Å²) < 4.78 is 49.5. The zero-order chi connectivity index (χ0) is 26.5. The van der Waals surface area contributed by atoms with Crippen molar-refractivity contribution in [1.29, 1.82) is 0 Å². The van der Waals surface area contributed by atoms with E-state index in [4.69, 9.17) is 4.52 Å². The number of sulfonamides is 1. The van der Waals surface area contributed by atoms with Gasteiger partial charge in [0.15, 0.2) is 5.84 Å². The predicted octanol–water partition coefficient (Wildman–Crippen LogP) is 3.46. The Hall–Kier alpha value is -2.73. The molecule has 1 aromatic heterocycles. The first-order valence-corrected chi connectivity index (χ1v) is 15.4. The lowest BCUT2D eigenvalue weighted by Gasteiger charge is -2.34. The van der Waals surface area contributed by atoms with Crippen LogP contribution in [0.25, 0.3) is 0 Å². The zero-order valence-corrected chi connectivity index (χ0v) is 23.0. The van der Waals surface area contributed by atoms with Crippen molar-refractivity contribution in [2.75, 3.05) is 22.9 Å². The molecule has 0 aliphatic carbocycles. The summed E-state index contributed by atoms with van der Waals surface area (Å²) in [5, 5.41) is 14.5. The number of aromatic nitrogens is 1. The number of anilines is 2. The first-order valence-electron chi connectivity index (χ1n) is 11.1. The molecule has 0 spiro atoms. The van der Waals surface area contributed by atoms with E-state index in [1.807, 2.05) is 20.8 Å². The van der Waals surface area contributed by atoms with E-state index >= 15 is 0 Å². The minimum absolute atomic E-state index is 0.0539. The molecule has 0 fully saturated rings. The highest BCUT2D eigenvalue weighted by Crippen LogP contribution is 2.53. The average Bonchev–Trinajstić information content (AvgIpc) is 3.33. The molecular formula is C22H28N5O6PS2. The van der Waals surface area contributed by atoms with Crippen LogP contribution in [0.1, 0.15) is 32.6 Å². The van der Waals surface area contributed by atoms with Crippen LogP contribution in [0.2, 0.25) is 0 Å². The van der Waals surface area contributed by atoms with E-state index in [2.05, 4.69) is 19.8 Å².